The van der Waals surface area contributed by atoms with Crippen molar-refractivity contribution in [3.63, 3.8) is 0 Å². The molecule has 13 nitrogen and oxygen atoms in total. The molecule has 19 heteroatoms. The van der Waals surface area contributed by atoms with Crippen molar-refractivity contribution in [3.05, 3.63) is 161 Å². The van der Waals surface area contributed by atoms with E-state index in [2.05, 4.69) is 53.4 Å². The van der Waals surface area contributed by atoms with Crippen molar-refractivity contribution in [1.82, 2.24) is 30.7 Å². The summed E-state index contributed by atoms with van der Waals surface area (Å²) < 4.78 is 0. The summed E-state index contributed by atoms with van der Waals surface area (Å²) in [5, 5.41) is 22.5. The summed E-state index contributed by atoms with van der Waals surface area (Å²) >= 11 is 27.3. The zero-order chi connectivity index (χ0) is 52.7. The van der Waals surface area contributed by atoms with Crippen LogP contribution < -0.4 is 16.0 Å². The molecule has 3 amide bonds. The molecular weight excluding hydrogens is 1050 g/mol. The number of fused-ring (bicyclic) bond motifs is 2. The number of amidine groups is 2. The van der Waals surface area contributed by atoms with Gasteiger partial charge in [0.25, 0.3) is 5.91 Å². The number of carboxylic acids is 1. The van der Waals surface area contributed by atoms with E-state index in [-0.39, 0.29) is 47.7 Å². The van der Waals surface area contributed by atoms with E-state index < -0.39 is 23.1 Å². The number of hydrogen-bond acceptors (Lipinski definition) is 11. The second-order valence-electron chi connectivity index (χ2n) is 19.4. The molecule has 384 valence electrons. The molecule has 2 fully saturated rings. The number of benzene rings is 4. The summed E-state index contributed by atoms with van der Waals surface area (Å²) in [5.41, 5.74) is 4.62. The number of carbonyl (C=O) groups is 4. The fraction of sp³-hybridized carbons (Fsp3) is 0.370. The molecule has 0 spiro atoms. The SMILES string of the molecule is CC(C)C1=C(C(=O)N2CCNC(=O)[C@@H]2C)SC2=N[C@@](C)(c3ccc(Cl)cc3)[C@@H](c3ccc(Cl)cc3)N21.CC(C)C1=C(C(=O)O)SC2=N[C@@](C)(c3ccc(Cl)cc3)[C@@H](c3ccc(Cl)cc3)N21.C[C@@H]1NCCNC1=O. The fourth-order valence-electron chi connectivity index (χ4n) is 10.0. The summed E-state index contributed by atoms with van der Waals surface area (Å²) in [6.45, 7) is 18.6. The van der Waals surface area contributed by atoms with Gasteiger partial charge in [-0.2, -0.15) is 0 Å². The van der Waals surface area contributed by atoms with Crippen LogP contribution in [0.4, 0.5) is 0 Å². The van der Waals surface area contributed by atoms with Crippen molar-refractivity contribution in [3.8, 4) is 0 Å². The molecule has 0 aliphatic carbocycles. The Morgan fingerprint density at radius 1 is 0.616 bits per heavy atom. The highest BCUT2D eigenvalue weighted by molar-refractivity contribution is 8.18. The van der Waals surface area contributed by atoms with Gasteiger partial charge in [0.05, 0.1) is 18.1 Å². The van der Waals surface area contributed by atoms with Gasteiger partial charge >= 0.3 is 5.97 Å². The Morgan fingerprint density at radius 2 is 1.01 bits per heavy atom. The van der Waals surface area contributed by atoms with Crippen molar-refractivity contribution < 1.29 is 24.3 Å². The molecule has 10 rings (SSSR count). The van der Waals surface area contributed by atoms with E-state index in [0.29, 0.717) is 48.2 Å². The maximum absolute atomic E-state index is 13.8. The van der Waals surface area contributed by atoms with E-state index in [1.54, 1.807) is 11.8 Å². The first-order valence-corrected chi connectivity index (χ1v) is 27.3. The third kappa shape index (κ3) is 10.8. The quantitative estimate of drug-likeness (QED) is 0.134. The zero-order valence-electron chi connectivity index (χ0n) is 41.7. The monoisotopic (exact) mass is 1100 g/mol. The lowest BCUT2D eigenvalue weighted by Gasteiger charge is -2.37. The van der Waals surface area contributed by atoms with Crippen molar-refractivity contribution in [2.45, 2.75) is 90.6 Å². The van der Waals surface area contributed by atoms with Gasteiger partial charge in [-0.1, -0.05) is 123 Å². The standard InChI is InChI=1S/C27H28Cl2N4O2S.C22H20Cl2N2O2S.C5H10N2O/c1-15(2)21-22(25(35)32-14-13-30-24(34)16(32)3)36-26-31-27(4,18-7-11-20(29)12-8-18)23(33(21)26)17-5-9-19(28)10-6-17;1-12(2)17-18(20(27)28)29-21-25-22(3,14-6-10-16(24)11-7-14)19(26(17)21)13-4-8-15(23)9-5-13;1-4-5(8)7-3-2-6-4/h5-12,15-16,23H,13-14H2,1-4H3,(H,30,34);4-12,19H,1-3H3,(H,27,28);4,6H,2-3H2,1H3,(H,7,8)/t16-,23+,27-;19-,22+;4-/m010/s1. The molecule has 4 aromatic rings. The van der Waals surface area contributed by atoms with Gasteiger partial charge in [0, 0.05) is 57.7 Å². The molecule has 4 N–H and O–H groups in total. The third-order valence-corrected chi connectivity index (χ3v) is 16.9. The summed E-state index contributed by atoms with van der Waals surface area (Å²) in [5.74, 6) is -0.970. The first kappa shape index (κ1) is 54.3. The smallest absolute Gasteiger partial charge is 0.344 e. The van der Waals surface area contributed by atoms with E-state index in [9.17, 15) is 24.3 Å². The van der Waals surface area contributed by atoms with Crippen LogP contribution in [0, 0.1) is 11.8 Å². The van der Waals surface area contributed by atoms with Crippen LogP contribution in [0.1, 0.15) is 89.7 Å². The fourth-order valence-corrected chi connectivity index (χ4v) is 13.2. The van der Waals surface area contributed by atoms with Crippen molar-refractivity contribution in [2.24, 2.45) is 21.8 Å². The van der Waals surface area contributed by atoms with Crippen LogP contribution in [0.25, 0.3) is 0 Å². The lowest BCUT2D eigenvalue weighted by Crippen LogP contribution is -2.56. The molecule has 4 aromatic carbocycles. The van der Waals surface area contributed by atoms with Gasteiger partial charge in [-0.3, -0.25) is 14.4 Å². The molecular formula is C54H58Cl4N8O5S2. The molecule has 6 heterocycles. The Morgan fingerprint density at radius 3 is 1.40 bits per heavy atom. The molecule has 0 unspecified atom stereocenters. The van der Waals surface area contributed by atoms with Gasteiger partial charge in [-0.25, -0.2) is 14.8 Å². The first-order chi connectivity index (χ1) is 34.6. The average Bonchev–Trinajstić information content (AvgIpc) is 4.07. The molecule has 0 aromatic heterocycles. The van der Waals surface area contributed by atoms with E-state index >= 15 is 0 Å². The lowest BCUT2D eigenvalue weighted by molar-refractivity contribution is -0.139. The van der Waals surface area contributed by atoms with Crippen LogP contribution in [0.15, 0.2) is 128 Å². The maximum Gasteiger partial charge on any atom is 0.344 e. The largest absolute Gasteiger partial charge is 0.477 e. The molecule has 6 aliphatic rings. The van der Waals surface area contributed by atoms with E-state index in [0.717, 1.165) is 51.9 Å². The number of halogens is 4. The van der Waals surface area contributed by atoms with Crippen molar-refractivity contribution in [2.75, 3.05) is 26.2 Å². The summed E-state index contributed by atoms with van der Waals surface area (Å²) in [6, 6.07) is 30.1. The predicted octanol–water partition coefficient (Wildman–Crippen LogP) is 11.0. The van der Waals surface area contributed by atoms with Gasteiger partial charge in [0.2, 0.25) is 11.8 Å². The number of rotatable bonds is 8. The van der Waals surface area contributed by atoms with E-state index in [1.807, 2.05) is 118 Å². The van der Waals surface area contributed by atoms with Crippen LogP contribution in [-0.4, -0.2) is 92.1 Å². The number of nitrogens with one attached hydrogen (secondary N) is 3. The van der Waals surface area contributed by atoms with Gasteiger partial charge in [-0.05, 0) is 134 Å². The second-order valence-corrected chi connectivity index (χ2v) is 23.1. The first-order valence-electron chi connectivity index (χ1n) is 24.1. The number of amides is 3. The van der Waals surface area contributed by atoms with Crippen LogP contribution in [0.2, 0.25) is 20.1 Å². The van der Waals surface area contributed by atoms with E-state index in [1.165, 1.54) is 23.5 Å². The second kappa shape index (κ2) is 22.1. The lowest BCUT2D eigenvalue weighted by atomic mass is 9.81. The molecule has 2 saturated heterocycles. The van der Waals surface area contributed by atoms with Crippen LogP contribution in [0.3, 0.4) is 0 Å². The minimum absolute atomic E-state index is 0.00347. The summed E-state index contributed by atoms with van der Waals surface area (Å²) in [6.07, 6.45) is 0. The maximum atomic E-state index is 13.8. The highest BCUT2D eigenvalue weighted by Crippen LogP contribution is 2.58. The number of hydrogen-bond donors (Lipinski definition) is 4. The molecule has 6 atom stereocenters. The number of nitrogens with zero attached hydrogens (tertiary/aromatic N) is 5. The van der Waals surface area contributed by atoms with Gasteiger partial charge in [0.1, 0.15) is 26.9 Å². The highest BCUT2D eigenvalue weighted by atomic mass is 35.5. The molecule has 73 heavy (non-hydrogen) atoms. The minimum atomic E-state index is -0.918. The van der Waals surface area contributed by atoms with Crippen molar-refractivity contribution >= 4 is 104 Å². The number of aliphatic imine (C=N–C) groups is 2. The average molecular weight is 1110 g/mol. The summed E-state index contributed by atoms with van der Waals surface area (Å²) in [4.78, 5) is 65.9. The van der Waals surface area contributed by atoms with Crippen molar-refractivity contribution in [1.29, 1.82) is 0 Å². The minimum Gasteiger partial charge on any atom is -0.477 e. The van der Waals surface area contributed by atoms with Crippen LogP contribution in [0.5, 0.6) is 0 Å². The summed E-state index contributed by atoms with van der Waals surface area (Å²) in [7, 11) is 0. The van der Waals surface area contributed by atoms with E-state index in [4.69, 9.17) is 56.4 Å². The molecule has 6 aliphatic heterocycles. The normalized spacial score (nSPS) is 25.4. The predicted molar refractivity (Wildman–Crippen MR) is 296 cm³/mol. The number of carboxylic acid groups (broad SMARTS) is 1. The highest BCUT2D eigenvalue weighted by Gasteiger charge is 2.55. The zero-order valence-corrected chi connectivity index (χ0v) is 46.3. The van der Waals surface area contributed by atoms with Crippen LogP contribution in [-0.2, 0) is 30.3 Å². The van der Waals surface area contributed by atoms with Gasteiger partial charge < -0.3 is 35.8 Å². The Balaban J connectivity index is 0.000000172. The van der Waals surface area contributed by atoms with Crippen LogP contribution >= 0.6 is 69.9 Å². The Kier molecular flexibility index (Phi) is 16.4. The number of aliphatic carboxylic acids is 1. The number of piperazine rings is 2. The topological polar surface area (TPSA) is 159 Å². The Labute approximate surface area is 455 Å². The number of thioether (sulfide) groups is 2. The van der Waals surface area contributed by atoms with Gasteiger partial charge in [-0.15, -0.1) is 0 Å². The Hall–Kier alpha value is -5.00. The molecule has 0 bridgehead atoms. The number of carbonyl (C=O) groups excluding carboxylic acids is 3. The van der Waals surface area contributed by atoms with Gasteiger partial charge in [0.15, 0.2) is 10.3 Å². The number of allylic oxidation sites excluding steroid dienone is 2. The molecule has 0 radical (unpaired) electrons. The Bertz CT molecular complexity index is 2920. The third-order valence-electron chi connectivity index (χ3n) is 13.8. The molecule has 0 saturated carbocycles.